The molecule has 20 heavy (non-hydrogen) atoms. The molecule has 108 valence electrons. The summed E-state index contributed by atoms with van der Waals surface area (Å²) in [5, 5.41) is 11.2. The van der Waals surface area contributed by atoms with Crippen molar-refractivity contribution >= 4 is 16.9 Å². The molecule has 2 aromatic rings. The molecule has 0 aromatic carbocycles. The van der Waals surface area contributed by atoms with Crippen LogP contribution < -0.4 is 5.73 Å². The van der Waals surface area contributed by atoms with Gasteiger partial charge in [0.1, 0.15) is 17.8 Å². The zero-order valence-electron chi connectivity index (χ0n) is 11.9. The Bertz CT molecular complexity index is 609. The fourth-order valence-corrected chi connectivity index (χ4v) is 3.32. The van der Waals surface area contributed by atoms with E-state index in [1.165, 1.54) is 6.33 Å². The maximum atomic E-state index is 10.4. The van der Waals surface area contributed by atoms with Crippen LogP contribution in [0.4, 0.5) is 5.82 Å². The van der Waals surface area contributed by atoms with Crippen LogP contribution in [0.3, 0.4) is 0 Å². The Morgan fingerprint density at radius 2 is 2.20 bits per heavy atom. The zero-order chi connectivity index (χ0) is 14.3. The van der Waals surface area contributed by atoms with E-state index in [1.807, 2.05) is 16.8 Å². The number of anilines is 1. The number of hydrogen-bond acceptors (Lipinski definition) is 5. The van der Waals surface area contributed by atoms with E-state index < -0.39 is 0 Å². The van der Waals surface area contributed by atoms with Crippen molar-refractivity contribution in [1.29, 1.82) is 0 Å². The van der Waals surface area contributed by atoms with E-state index in [1.54, 1.807) is 0 Å². The van der Waals surface area contributed by atoms with Crippen molar-refractivity contribution in [2.75, 3.05) is 26.4 Å². The van der Waals surface area contributed by atoms with E-state index in [0.717, 1.165) is 30.4 Å². The van der Waals surface area contributed by atoms with Crippen molar-refractivity contribution in [3.8, 4) is 0 Å². The Kier molecular flexibility index (Phi) is 3.35. The molecule has 3 N–H and O–H groups in total. The highest BCUT2D eigenvalue weighted by molar-refractivity contribution is 5.86. The van der Waals surface area contributed by atoms with Gasteiger partial charge in [-0.1, -0.05) is 0 Å². The topological polar surface area (TPSA) is 80.2 Å². The highest BCUT2D eigenvalue weighted by atomic mass is 16.3. The Morgan fingerprint density at radius 3 is 2.95 bits per heavy atom. The van der Waals surface area contributed by atoms with Gasteiger partial charge in [0.2, 0.25) is 0 Å². The zero-order valence-corrected chi connectivity index (χ0v) is 11.9. The third-order valence-corrected chi connectivity index (χ3v) is 4.11. The van der Waals surface area contributed by atoms with Crippen LogP contribution in [0.25, 0.3) is 11.0 Å². The van der Waals surface area contributed by atoms with Gasteiger partial charge in [0.25, 0.3) is 0 Å². The first kappa shape index (κ1) is 13.3. The summed E-state index contributed by atoms with van der Waals surface area (Å²) < 4.78 is 2.05. The molecule has 1 aliphatic carbocycles. The Labute approximate surface area is 118 Å². The second-order valence-electron chi connectivity index (χ2n) is 5.95. The number of aromatic nitrogens is 3. The van der Waals surface area contributed by atoms with Gasteiger partial charge in [0.05, 0.1) is 17.5 Å². The molecule has 2 heterocycles. The maximum Gasteiger partial charge on any atom is 0.145 e. The lowest BCUT2D eigenvalue weighted by Gasteiger charge is -2.18. The van der Waals surface area contributed by atoms with E-state index >= 15 is 0 Å². The molecule has 0 saturated heterocycles. The lowest BCUT2D eigenvalue weighted by molar-refractivity contribution is 0.135. The molecule has 1 aliphatic rings. The second-order valence-corrected chi connectivity index (χ2v) is 5.95. The summed E-state index contributed by atoms with van der Waals surface area (Å²) in [5.74, 6) is 1.01. The van der Waals surface area contributed by atoms with Crippen molar-refractivity contribution in [2.24, 2.45) is 5.92 Å². The summed E-state index contributed by atoms with van der Waals surface area (Å²) >= 11 is 0. The van der Waals surface area contributed by atoms with Crippen LogP contribution >= 0.6 is 0 Å². The van der Waals surface area contributed by atoms with Crippen LogP contribution in [-0.4, -0.2) is 51.3 Å². The largest absolute Gasteiger partial charge is 0.391 e. The number of fused-ring (bicyclic) bond motifs is 1. The third kappa shape index (κ3) is 2.25. The molecule has 6 nitrogen and oxygen atoms in total. The molecule has 0 radical (unpaired) electrons. The van der Waals surface area contributed by atoms with Crippen molar-refractivity contribution in [3.63, 3.8) is 0 Å². The smallest absolute Gasteiger partial charge is 0.145 e. The van der Waals surface area contributed by atoms with Gasteiger partial charge in [-0.15, -0.1) is 0 Å². The second kappa shape index (κ2) is 5.03. The molecule has 1 saturated carbocycles. The van der Waals surface area contributed by atoms with Gasteiger partial charge < -0.3 is 20.3 Å². The molecule has 0 bridgehead atoms. The molecule has 0 amide bonds. The van der Waals surface area contributed by atoms with Crippen LogP contribution in [0, 0.1) is 5.92 Å². The van der Waals surface area contributed by atoms with Crippen molar-refractivity contribution in [3.05, 3.63) is 18.6 Å². The minimum Gasteiger partial charge on any atom is -0.391 e. The summed E-state index contributed by atoms with van der Waals surface area (Å²) in [6.07, 6.45) is 4.91. The monoisotopic (exact) mass is 275 g/mol. The standard InChI is InChI=1S/C14H21N5O/c1-18(2)7-9-5-11(12(20)6-9)19-4-3-10-13(15)16-8-17-14(10)19/h3-4,8-9,11-12,20H,5-7H2,1-2H3,(H2,15,16,17). The van der Waals surface area contributed by atoms with E-state index in [-0.39, 0.29) is 12.1 Å². The molecular weight excluding hydrogens is 254 g/mol. The van der Waals surface area contributed by atoms with Crippen LogP contribution in [0.2, 0.25) is 0 Å². The number of nitrogens with zero attached hydrogens (tertiary/aromatic N) is 4. The van der Waals surface area contributed by atoms with Crippen LogP contribution in [0.5, 0.6) is 0 Å². The summed E-state index contributed by atoms with van der Waals surface area (Å²) in [6, 6.07) is 2.00. The first-order valence-electron chi connectivity index (χ1n) is 6.96. The molecule has 0 aliphatic heterocycles. The van der Waals surface area contributed by atoms with E-state index in [9.17, 15) is 5.11 Å². The van der Waals surface area contributed by atoms with Gasteiger partial charge >= 0.3 is 0 Å². The Balaban J connectivity index is 1.90. The lowest BCUT2D eigenvalue weighted by Crippen LogP contribution is -2.20. The van der Waals surface area contributed by atoms with Crippen LogP contribution in [0.15, 0.2) is 18.6 Å². The molecule has 3 unspecified atom stereocenters. The maximum absolute atomic E-state index is 10.4. The van der Waals surface area contributed by atoms with Gasteiger partial charge in [-0.3, -0.25) is 0 Å². The summed E-state index contributed by atoms with van der Waals surface area (Å²) in [7, 11) is 4.14. The van der Waals surface area contributed by atoms with Crippen molar-refractivity contribution < 1.29 is 5.11 Å². The van der Waals surface area contributed by atoms with Gasteiger partial charge in [-0.05, 0) is 38.9 Å². The average Bonchev–Trinajstić information content (AvgIpc) is 2.93. The normalized spacial score (nSPS) is 26.7. The molecule has 2 aromatic heterocycles. The molecule has 3 atom stereocenters. The van der Waals surface area contributed by atoms with Gasteiger partial charge in [0, 0.05) is 12.7 Å². The number of nitrogen functional groups attached to an aromatic ring is 1. The van der Waals surface area contributed by atoms with E-state index in [4.69, 9.17) is 5.73 Å². The number of nitrogens with two attached hydrogens (primary N) is 1. The van der Waals surface area contributed by atoms with Gasteiger partial charge in [-0.25, -0.2) is 9.97 Å². The summed E-state index contributed by atoms with van der Waals surface area (Å²) in [5.41, 5.74) is 6.67. The highest BCUT2D eigenvalue weighted by Crippen LogP contribution is 2.37. The fraction of sp³-hybridized carbons (Fsp3) is 0.571. The quantitative estimate of drug-likeness (QED) is 0.869. The SMILES string of the molecule is CN(C)CC1CC(O)C(n2ccc3c(N)ncnc32)C1. The number of rotatable bonds is 3. The number of aliphatic hydroxyl groups excluding tert-OH is 1. The minimum atomic E-state index is -0.327. The first-order valence-corrected chi connectivity index (χ1v) is 6.96. The first-order chi connectivity index (χ1) is 9.56. The lowest BCUT2D eigenvalue weighted by atomic mass is 10.1. The van der Waals surface area contributed by atoms with Crippen molar-refractivity contribution in [1.82, 2.24) is 19.4 Å². The Morgan fingerprint density at radius 1 is 1.40 bits per heavy atom. The average molecular weight is 275 g/mol. The third-order valence-electron chi connectivity index (χ3n) is 4.11. The number of hydrogen-bond donors (Lipinski definition) is 2. The molecule has 6 heteroatoms. The van der Waals surface area contributed by atoms with Gasteiger partial charge in [-0.2, -0.15) is 0 Å². The summed E-state index contributed by atoms with van der Waals surface area (Å²) in [6.45, 7) is 1.00. The van der Waals surface area contributed by atoms with Crippen molar-refractivity contribution in [2.45, 2.75) is 25.0 Å². The molecule has 3 rings (SSSR count). The molecule has 0 spiro atoms. The Hall–Kier alpha value is -1.66. The number of aliphatic hydroxyl groups is 1. The predicted octanol–water partition coefficient (Wildman–Crippen LogP) is 0.887. The summed E-state index contributed by atoms with van der Waals surface area (Å²) in [4.78, 5) is 10.5. The van der Waals surface area contributed by atoms with E-state index in [2.05, 4.69) is 29.0 Å². The predicted molar refractivity (Wildman–Crippen MR) is 78.3 cm³/mol. The van der Waals surface area contributed by atoms with E-state index in [0.29, 0.717) is 11.7 Å². The highest BCUT2D eigenvalue weighted by Gasteiger charge is 2.35. The van der Waals surface area contributed by atoms with Crippen LogP contribution in [-0.2, 0) is 0 Å². The molecule has 1 fully saturated rings. The van der Waals surface area contributed by atoms with Crippen LogP contribution in [0.1, 0.15) is 18.9 Å². The van der Waals surface area contributed by atoms with Gasteiger partial charge in [0.15, 0.2) is 0 Å². The fourth-order valence-electron chi connectivity index (χ4n) is 3.32. The molecular formula is C14H21N5O. The minimum absolute atomic E-state index is 0.0757.